The number of hydrogen-bond acceptors (Lipinski definition) is 2. The highest BCUT2D eigenvalue weighted by molar-refractivity contribution is 5.69. The molecule has 0 saturated carbocycles. The molecule has 0 fully saturated rings. The summed E-state index contributed by atoms with van der Waals surface area (Å²) >= 11 is 0. The molecule has 0 bridgehead atoms. The Bertz CT molecular complexity index is 423. The molecule has 23 heavy (non-hydrogen) atoms. The Kier molecular flexibility index (Phi) is 12.4. The van der Waals surface area contributed by atoms with Crippen LogP contribution in [0.3, 0.4) is 0 Å². The molecule has 0 spiro atoms. The van der Waals surface area contributed by atoms with Crippen LogP contribution in [0.5, 0.6) is 0 Å². The first-order valence-electron chi connectivity index (χ1n) is 8.99. The lowest BCUT2D eigenvalue weighted by Crippen LogP contribution is -2.13. The fourth-order valence-corrected chi connectivity index (χ4v) is 2.27. The lowest BCUT2D eigenvalue weighted by atomic mass is 10.1. The number of allylic oxidation sites excluding steroid dienone is 6. The van der Waals surface area contributed by atoms with Gasteiger partial charge in [-0.15, -0.1) is 0 Å². The highest BCUT2D eigenvalue weighted by atomic mass is 16.5. The largest absolute Gasteiger partial charge is 0.463 e. The molecule has 0 aliphatic heterocycles. The standard InChI is InChI=1S/C21H36O2/c1-7-21(22)23-20(6)16-10-15-19(5)14-9-13-18(4)12-8-11-17(2)3/h11,13,15,20H,7-10,12,14,16H2,1-6H3/b18-13+,19-15+. The number of hydrogen-bond donors (Lipinski definition) is 0. The lowest BCUT2D eigenvalue weighted by molar-refractivity contribution is -0.148. The van der Waals surface area contributed by atoms with E-state index in [2.05, 4.69) is 45.9 Å². The van der Waals surface area contributed by atoms with Crippen molar-refractivity contribution in [2.75, 3.05) is 0 Å². The maximum atomic E-state index is 11.2. The second-order valence-corrected chi connectivity index (χ2v) is 6.69. The Morgan fingerprint density at radius 3 is 1.96 bits per heavy atom. The predicted octanol–water partition coefficient (Wildman–Crippen LogP) is 6.53. The third-order valence-corrected chi connectivity index (χ3v) is 3.81. The van der Waals surface area contributed by atoms with Gasteiger partial charge in [0, 0.05) is 6.42 Å². The fraction of sp³-hybridized carbons (Fsp3) is 0.667. The van der Waals surface area contributed by atoms with Gasteiger partial charge in [-0.2, -0.15) is 0 Å². The van der Waals surface area contributed by atoms with E-state index in [9.17, 15) is 4.79 Å². The van der Waals surface area contributed by atoms with Gasteiger partial charge in [-0.3, -0.25) is 4.79 Å². The van der Waals surface area contributed by atoms with Gasteiger partial charge in [-0.05, 0) is 73.1 Å². The first-order chi connectivity index (χ1) is 10.8. The number of ether oxygens (including phenoxy) is 1. The Labute approximate surface area is 143 Å². The second-order valence-electron chi connectivity index (χ2n) is 6.69. The molecule has 0 rings (SSSR count). The summed E-state index contributed by atoms with van der Waals surface area (Å²) in [5.74, 6) is -0.105. The smallest absolute Gasteiger partial charge is 0.305 e. The van der Waals surface area contributed by atoms with Crippen LogP contribution in [0.15, 0.2) is 34.9 Å². The van der Waals surface area contributed by atoms with Crippen LogP contribution in [0, 0.1) is 0 Å². The predicted molar refractivity (Wildman–Crippen MR) is 100 cm³/mol. The SMILES string of the molecule is CCC(=O)OC(C)CC/C=C(\C)CC/C=C(\C)CCC=C(C)C. The van der Waals surface area contributed by atoms with Gasteiger partial charge >= 0.3 is 5.97 Å². The third kappa shape index (κ3) is 14.0. The van der Waals surface area contributed by atoms with E-state index in [-0.39, 0.29) is 12.1 Å². The zero-order valence-electron chi connectivity index (χ0n) is 16.1. The summed E-state index contributed by atoms with van der Waals surface area (Å²) in [6.45, 7) is 12.5. The summed E-state index contributed by atoms with van der Waals surface area (Å²) < 4.78 is 5.27. The van der Waals surface area contributed by atoms with Crippen molar-refractivity contribution in [3.63, 3.8) is 0 Å². The Morgan fingerprint density at radius 1 is 0.913 bits per heavy atom. The molecule has 1 unspecified atom stereocenters. The molecular formula is C21H36O2. The zero-order chi connectivity index (χ0) is 17.7. The van der Waals surface area contributed by atoms with Crippen molar-refractivity contribution in [1.82, 2.24) is 0 Å². The fourth-order valence-electron chi connectivity index (χ4n) is 2.27. The summed E-state index contributed by atoms with van der Waals surface area (Å²) in [5, 5.41) is 0. The van der Waals surface area contributed by atoms with Crippen molar-refractivity contribution in [2.45, 2.75) is 92.6 Å². The molecule has 1 atom stereocenters. The lowest BCUT2D eigenvalue weighted by Gasteiger charge is -2.11. The Morgan fingerprint density at radius 2 is 1.43 bits per heavy atom. The van der Waals surface area contributed by atoms with E-state index in [1.807, 2.05) is 13.8 Å². The summed E-state index contributed by atoms with van der Waals surface area (Å²) in [5.41, 5.74) is 4.30. The second kappa shape index (κ2) is 13.2. The number of carbonyl (C=O) groups is 1. The van der Waals surface area contributed by atoms with Gasteiger partial charge in [0.2, 0.25) is 0 Å². The minimum atomic E-state index is -0.105. The molecule has 0 aliphatic carbocycles. The number of esters is 1. The minimum absolute atomic E-state index is 0.0173. The number of carbonyl (C=O) groups excluding carboxylic acids is 1. The van der Waals surface area contributed by atoms with Gasteiger partial charge in [-0.25, -0.2) is 0 Å². The van der Waals surface area contributed by atoms with Crippen LogP contribution in [0.4, 0.5) is 0 Å². The summed E-state index contributed by atoms with van der Waals surface area (Å²) in [4.78, 5) is 11.2. The van der Waals surface area contributed by atoms with E-state index >= 15 is 0 Å². The van der Waals surface area contributed by atoms with Crippen LogP contribution >= 0.6 is 0 Å². The van der Waals surface area contributed by atoms with Crippen molar-refractivity contribution in [2.24, 2.45) is 0 Å². The highest BCUT2D eigenvalue weighted by Gasteiger charge is 2.06. The molecule has 0 aromatic carbocycles. The van der Waals surface area contributed by atoms with Gasteiger partial charge in [0.05, 0.1) is 6.10 Å². The zero-order valence-corrected chi connectivity index (χ0v) is 16.1. The molecule has 0 amide bonds. The van der Waals surface area contributed by atoms with Crippen LogP contribution in [-0.4, -0.2) is 12.1 Å². The maximum absolute atomic E-state index is 11.2. The summed E-state index contributed by atoms with van der Waals surface area (Å²) in [6, 6.07) is 0. The first-order valence-corrected chi connectivity index (χ1v) is 8.99. The van der Waals surface area contributed by atoms with Crippen molar-refractivity contribution < 1.29 is 9.53 Å². The van der Waals surface area contributed by atoms with Crippen LogP contribution in [0.1, 0.15) is 86.5 Å². The van der Waals surface area contributed by atoms with Gasteiger partial charge in [0.15, 0.2) is 0 Å². The molecule has 0 heterocycles. The molecule has 0 N–H and O–H groups in total. The van der Waals surface area contributed by atoms with E-state index in [4.69, 9.17) is 4.74 Å². The third-order valence-electron chi connectivity index (χ3n) is 3.81. The van der Waals surface area contributed by atoms with Crippen LogP contribution in [0.2, 0.25) is 0 Å². The van der Waals surface area contributed by atoms with Crippen molar-refractivity contribution in [3.05, 3.63) is 34.9 Å². The Balaban J connectivity index is 3.93. The first kappa shape index (κ1) is 21.7. The number of rotatable bonds is 11. The molecule has 0 aromatic rings. The molecule has 0 radical (unpaired) electrons. The minimum Gasteiger partial charge on any atom is -0.463 e. The molecule has 0 saturated heterocycles. The average Bonchev–Trinajstić information content (AvgIpc) is 2.46. The van der Waals surface area contributed by atoms with Crippen LogP contribution < -0.4 is 0 Å². The van der Waals surface area contributed by atoms with E-state index in [1.54, 1.807) is 0 Å². The normalized spacial score (nSPS) is 13.7. The molecule has 132 valence electrons. The van der Waals surface area contributed by atoms with E-state index in [0.717, 1.165) is 38.5 Å². The molecule has 0 aliphatic rings. The highest BCUT2D eigenvalue weighted by Crippen LogP contribution is 2.13. The topological polar surface area (TPSA) is 26.3 Å². The van der Waals surface area contributed by atoms with Gasteiger partial charge < -0.3 is 4.74 Å². The van der Waals surface area contributed by atoms with Crippen molar-refractivity contribution >= 4 is 5.97 Å². The van der Waals surface area contributed by atoms with Gasteiger partial charge in [0.25, 0.3) is 0 Å². The van der Waals surface area contributed by atoms with Crippen LogP contribution in [0.25, 0.3) is 0 Å². The van der Waals surface area contributed by atoms with E-state index in [0.29, 0.717) is 6.42 Å². The van der Waals surface area contributed by atoms with E-state index in [1.165, 1.54) is 16.7 Å². The van der Waals surface area contributed by atoms with E-state index < -0.39 is 0 Å². The van der Waals surface area contributed by atoms with Crippen LogP contribution in [-0.2, 0) is 9.53 Å². The Hall–Kier alpha value is -1.31. The van der Waals surface area contributed by atoms with Crippen molar-refractivity contribution in [3.8, 4) is 0 Å². The monoisotopic (exact) mass is 320 g/mol. The maximum Gasteiger partial charge on any atom is 0.305 e. The average molecular weight is 321 g/mol. The summed E-state index contributed by atoms with van der Waals surface area (Å²) in [6.07, 6.45) is 13.8. The molecule has 2 heteroatoms. The van der Waals surface area contributed by atoms with Gasteiger partial charge in [0.1, 0.15) is 0 Å². The molecule has 0 aromatic heterocycles. The molecular weight excluding hydrogens is 284 g/mol. The summed E-state index contributed by atoms with van der Waals surface area (Å²) in [7, 11) is 0. The van der Waals surface area contributed by atoms with Crippen molar-refractivity contribution in [1.29, 1.82) is 0 Å². The van der Waals surface area contributed by atoms with Gasteiger partial charge in [-0.1, -0.05) is 41.9 Å². The quantitative estimate of drug-likeness (QED) is 0.319. The molecule has 2 nitrogen and oxygen atoms in total.